The van der Waals surface area contributed by atoms with E-state index in [0.717, 1.165) is 18.2 Å². The number of ether oxygens (including phenoxy) is 1. The van der Waals surface area contributed by atoms with E-state index in [9.17, 15) is 4.79 Å². The maximum absolute atomic E-state index is 11.9. The van der Waals surface area contributed by atoms with Crippen molar-refractivity contribution >= 4 is 21.8 Å². The van der Waals surface area contributed by atoms with E-state index < -0.39 is 0 Å². The zero-order valence-electron chi connectivity index (χ0n) is 9.30. The lowest BCUT2D eigenvalue weighted by molar-refractivity contribution is -0.126. The fourth-order valence-corrected chi connectivity index (χ4v) is 2.36. The Bertz CT molecular complexity index is 193. The molecule has 0 bridgehead atoms. The van der Waals surface area contributed by atoms with Crippen molar-refractivity contribution in [1.82, 2.24) is 5.32 Å². The highest BCUT2D eigenvalue weighted by Gasteiger charge is 2.22. The van der Waals surface area contributed by atoms with Crippen LogP contribution in [0, 0.1) is 5.92 Å². The molecule has 1 unspecified atom stereocenters. The number of nitrogens with one attached hydrogen (secondary N) is 1. The van der Waals surface area contributed by atoms with Gasteiger partial charge in [0.05, 0.1) is 12.6 Å². The Morgan fingerprint density at radius 2 is 2.13 bits per heavy atom. The second kappa shape index (κ2) is 7.23. The summed E-state index contributed by atoms with van der Waals surface area (Å²) in [5, 5.41) is 3.78. The zero-order chi connectivity index (χ0) is 11.1. The summed E-state index contributed by atoms with van der Waals surface area (Å²) < 4.78 is 5.04. The average Bonchev–Trinajstić information content (AvgIpc) is 2.29. The summed E-state index contributed by atoms with van der Waals surface area (Å²) in [6, 6.07) is 0.101. The van der Waals surface area contributed by atoms with Gasteiger partial charge in [-0.05, 0) is 12.8 Å². The highest BCUT2D eigenvalue weighted by Crippen LogP contribution is 2.23. The molecule has 1 fully saturated rings. The monoisotopic (exact) mass is 277 g/mol. The van der Waals surface area contributed by atoms with Gasteiger partial charge in [-0.2, -0.15) is 0 Å². The molecule has 0 heterocycles. The molecule has 0 spiro atoms. The van der Waals surface area contributed by atoms with Crippen LogP contribution in [0.15, 0.2) is 0 Å². The number of methoxy groups -OCH3 is 1. The Morgan fingerprint density at radius 3 is 2.67 bits per heavy atom. The summed E-state index contributed by atoms with van der Waals surface area (Å²) in [7, 11) is 1.66. The molecule has 1 rings (SSSR count). The first kappa shape index (κ1) is 13.0. The van der Waals surface area contributed by atoms with Crippen molar-refractivity contribution in [2.24, 2.45) is 5.92 Å². The van der Waals surface area contributed by atoms with Crippen molar-refractivity contribution in [3.63, 3.8) is 0 Å². The van der Waals surface area contributed by atoms with Gasteiger partial charge in [0.25, 0.3) is 0 Å². The van der Waals surface area contributed by atoms with Crippen LogP contribution in [-0.4, -0.2) is 31.0 Å². The number of amides is 1. The quantitative estimate of drug-likeness (QED) is 0.782. The van der Waals surface area contributed by atoms with Gasteiger partial charge in [0, 0.05) is 18.4 Å². The van der Waals surface area contributed by atoms with Gasteiger partial charge in [0.1, 0.15) is 0 Å². The van der Waals surface area contributed by atoms with Gasteiger partial charge < -0.3 is 10.1 Å². The lowest BCUT2D eigenvalue weighted by atomic mass is 9.88. The molecule has 1 amide bonds. The summed E-state index contributed by atoms with van der Waals surface area (Å²) >= 11 is 3.37. The van der Waals surface area contributed by atoms with Crippen molar-refractivity contribution in [2.45, 2.75) is 38.1 Å². The van der Waals surface area contributed by atoms with Crippen molar-refractivity contribution in [3.8, 4) is 0 Å². The van der Waals surface area contributed by atoms with E-state index in [2.05, 4.69) is 21.2 Å². The minimum absolute atomic E-state index is 0.101. The standard InChI is InChI=1S/C11H20BrNO2/c1-15-8-10(7-12)13-11(14)9-5-3-2-4-6-9/h9-10H,2-8H2,1H3,(H,13,14). The molecule has 0 aromatic heterocycles. The van der Waals surface area contributed by atoms with Gasteiger partial charge in [-0.15, -0.1) is 0 Å². The summed E-state index contributed by atoms with van der Waals surface area (Å²) in [6.45, 7) is 0.573. The number of carbonyl (C=O) groups excluding carboxylic acids is 1. The number of hydrogen-bond donors (Lipinski definition) is 1. The Morgan fingerprint density at radius 1 is 1.47 bits per heavy atom. The normalized spacial score (nSPS) is 19.9. The Labute approximate surface area is 100 Å². The number of carbonyl (C=O) groups is 1. The smallest absolute Gasteiger partial charge is 0.223 e. The molecule has 0 aromatic carbocycles. The van der Waals surface area contributed by atoms with E-state index >= 15 is 0 Å². The highest BCUT2D eigenvalue weighted by molar-refractivity contribution is 9.09. The number of halogens is 1. The number of alkyl halides is 1. The molecule has 88 valence electrons. The number of rotatable bonds is 5. The third kappa shape index (κ3) is 4.51. The molecule has 1 aliphatic rings. The molecule has 15 heavy (non-hydrogen) atoms. The van der Waals surface area contributed by atoms with Gasteiger partial charge in [-0.3, -0.25) is 4.79 Å². The third-order valence-corrected chi connectivity index (χ3v) is 3.66. The van der Waals surface area contributed by atoms with E-state index in [1.54, 1.807) is 7.11 Å². The topological polar surface area (TPSA) is 38.3 Å². The van der Waals surface area contributed by atoms with Gasteiger partial charge >= 0.3 is 0 Å². The largest absolute Gasteiger partial charge is 0.383 e. The first-order valence-electron chi connectivity index (χ1n) is 5.63. The van der Waals surface area contributed by atoms with Crippen LogP contribution >= 0.6 is 15.9 Å². The van der Waals surface area contributed by atoms with E-state index in [0.29, 0.717) is 6.61 Å². The summed E-state index contributed by atoms with van der Waals surface area (Å²) in [5.41, 5.74) is 0. The Kier molecular flexibility index (Phi) is 6.25. The van der Waals surface area contributed by atoms with Gasteiger partial charge in [0.2, 0.25) is 5.91 Å². The molecule has 3 nitrogen and oxygen atoms in total. The van der Waals surface area contributed by atoms with Gasteiger partial charge in [-0.25, -0.2) is 0 Å². The molecule has 0 saturated heterocycles. The predicted molar refractivity (Wildman–Crippen MR) is 64.2 cm³/mol. The first-order valence-corrected chi connectivity index (χ1v) is 6.75. The Hall–Kier alpha value is -0.0900. The van der Waals surface area contributed by atoms with Crippen LogP contribution in [0.3, 0.4) is 0 Å². The molecule has 0 radical (unpaired) electrons. The predicted octanol–water partition coefficient (Wildman–Crippen LogP) is 2.09. The number of hydrogen-bond acceptors (Lipinski definition) is 2. The maximum atomic E-state index is 11.9. The van der Waals surface area contributed by atoms with Gasteiger partial charge in [0.15, 0.2) is 0 Å². The highest BCUT2D eigenvalue weighted by atomic mass is 79.9. The lowest BCUT2D eigenvalue weighted by Gasteiger charge is -2.23. The van der Waals surface area contributed by atoms with Crippen LogP contribution < -0.4 is 5.32 Å². The van der Waals surface area contributed by atoms with Crippen LogP contribution in [-0.2, 0) is 9.53 Å². The minimum Gasteiger partial charge on any atom is -0.383 e. The molecule has 1 aliphatic carbocycles. The lowest BCUT2D eigenvalue weighted by Crippen LogP contribution is -2.42. The molecule has 1 atom stereocenters. The van der Waals surface area contributed by atoms with Crippen LogP contribution in [0.25, 0.3) is 0 Å². The van der Waals surface area contributed by atoms with Crippen LogP contribution in [0.5, 0.6) is 0 Å². The molecule has 0 aliphatic heterocycles. The van der Waals surface area contributed by atoms with Crippen molar-refractivity contribution < 1.29 is 9.53 Å². The maximum Gasteiger partial charge on any atom is 0.223 e. The summed E-state index contributed by atoms with van der Waals surface area (Å²) in [5.74, 6) is 0.438. The Balaban J connectivity index is 2.31. The fourth-order valence-electron chi connectivity index (χ4n) is 2.01. The van der Waals surface area contributed by atoms with E-state index in [1.165, 1.54) is 19.3 Å². The van der Waals surface area contributed by atoms with Crippen molar-refractivity contribution in [3.05, 3.63) is 0 Å². The van der Waals surface area contributed by atoms with E-state index in [4.69, 9.17) is 4.74 Å². The second-order valence-electron chi connectivity index (χ2n) is 4.15. The van der Waals surface area contributed by atoms with E-state index in [-0.39, 0.29) is 17.9 Å². The first-order chi connectivity index (χ1) is 7.27. The SMILES string of the molecule is COCC(CBr)NC(=O)C1CCCCC1. The molecular formula is C11H20BrNO2. The third-order valence-electron chi connectivity index (χ3n) is 2.88. The zero-order valence-corrected chi connectivity index (χ0v) is 10.9. The molecule has 0 aromatic rings. The molecular weight excluding hydrogens is 258 g/mol. The molecule has 1 N–H and O–H groups in total. The average molecular weight is 278 g/mol. The fraction of sp³-hybridized carbons (Fsp3) is 0.909. The minimum atomic E-state index is 0.101. The van der Waals surface area contributed by atoms with Crippen LogP contribution in [0.2, 0.25) is 0 Å². The summed E-state index contributed by atoms with van der Waals surface area (Å²) in [4.78, 5) is 11.9. The van der Waals surface area contributed by atoms with Crippen LogP contribution in [0.1, 0.15) is 32.1 Å². The van der Waals surface area contributed by atoms with Crippen molar-refractivity contribution in [1.29, 1.82) is 0 Å². The molecule has 1 saturated carbocycles. The van der Waals surface area contributed by atoms with E-state index in [1.807, 2.05) is 0 Å². The van der Waals surface area contributed by atoms with Crippen LogP contribution in [0.4, 0.5) is 0 Å². The van der Waals surface area contributed by atoms with Gasteiger partial charge in [-0.1, -0.05) is 35.2 Å². The van der Waals surface area contributed by atoms with Crippen molar-refractivity contribution in [2.75, 3.05) is 19.0 Å². The summed E-state index contributed by atoms with van der Waals surface area (Å²) in [6.07, 6.45) is 5.77. The second-order valence-corrected chi connectivity index (χ2v) is 4.80. The molecule has 4 heteroatoms.